The Bertz CT molecular complexity index is 1620. The van der Waals surface area contributed by atoms with Crippen LogP contribution in [0.3, 0.4) is 0 Å². The number of carbonyl (C=O) groups excluding carboxylic acids is 1. The number of aromatic nitrogens is 1. The summed E-state index contributed by atoms with van der Waals surface area (Å²) in [5.41, 5.74) is 5.67. The molecule has 1 unspecified atom stereocenters. The summed E-state index contributed by atoms with van der Waals surface area (Å²) in [6.07, 6.45) is 4.51. The van der Waals surface area contributed by atoms with Crippen molar-refractivity contribution < 1.29 is 18.7 Å². The SMILES string of the molecule is COc1cc(C(=O)NC2CCN(C)C2)ccc1-c1cc2nccc(-c3ccc(NC4CCOCC4)c(C#N)c3)c2o1. The van der Waals surface area contributed by atoms with Crippen molar-refractivity contribution >= 4 is 22.7 Å². The van der Waals surface area contributed by atoms with E-state index in [9.17, 15) is 10.1 Å². The maximum absolute atomic E-state index is 12.9. The summed E-state index contributed by atoms with van der Waals surface area (Å²) in [4.78, 5) is 19.6. The molecule has 6 rings (SSSR count). The maximum atomic E-state index is 12.9. The third-order valence-corrected chi connectivity index (χ3v) is 7.90. The van der Waals surface area contributed by atoms with E-state index in [0.717, 1.165) is 67.9 Å². The lowest BCUT2D eigenvalue weighted by Crippen LogP contribution is -2.36. The van der Waals surface area contributed by atoms with Gasteiger partial charge in [0.1, 0.15) is 23.1 Å². The average Bonchev–Trinajstić information content (AvgIpc) is 3.63. The normalized spacial score (nSPS) is 17.8. The number of anilines is 1. The van der Waals surface area contributed by atoms with Crippen molar-refractivity contribution in [2.24, 2.45) is 0 Å². The number of amides is 1. The van der Waals surface area contributed by atoms with E-state index < -0.39 is 0 Å². The molecule has 0 spiro atoms. The topological polar surface area (TPSA) is 113 Å². The van der Waals surface area contributed by atoms with Gasteiger partial charge < -0.3 is 29.4 Å². The highest BCUT2D eigenvalue weighted by molar-refractivity contribution is 5.97. The number of likely N-dealkylation sites (tertiary alicyclic amines) is 1. The van der Waals surface area contributed by atoms with Gasteiger partial charge in [0.05, 0.1) is 23.9 Å². The van der Waals surface area contributed by atoms with Gasteiger partial charge in [-0.15, -0.1) is 0 Å². The molecule has 2 aromatic carbocycles. The molecular formula is C32H33N5O4. The second kappa shape index (κ2) is 11.6. The molecule has 2 fully saturated rings. The number of ether oxygens (including phenoxy) is 2. The summed E-state index contributed by atoms with van der Waals surface area (Å²) in [5, 5.41) is 16.5. The number of likely N-dealkylation sites (N-methyl/N-ethyl adjacent to an activating group) is 1. The van der Waals surface area contributed by atoms with Crippen LogP contribution in [-0.4, -0.2) is 68.3 Å². The lowest BCUT2D eigenvalue weighted by molar-refractivity contribution is 0.0904. The Balaban J connectivity index is 1.28. The van der Waals surface area contributed by atoms with Crippen LogP contribution in [0.15, 0.2) is 59.1 Å². The molecule has 0 bridgehead atoms. The van der Waals surface area contributed by atoms with Crippen LogP contribution >= 0.6 is 0 Å². The molecule has 2 saturated heterocycles. The van der Waals surface area contributed by atoms with Gasteiger partial charge in [-0.1, -0.05) is 6.07 Å². The van der Waals surface area contributed by atoms with Crippen molar-refractivity contribution in [3.8, 4) is 34.3 Å². The molecule has 2 N–H and O–H groups in total. The number of methoxy groups -OCH3 is 1. The highest BCUT2D eigenvalue weighted by atomic mass is 16.5. The van der Waals surface area contributed by atoms with E-state index in [4.69, 9.17) is 13.9 Å². The van der Waals surface area contributed by atoms with Crippen LogP contribution in [0.2, 0.25) is 0 Å². The fourth-order valence-electron chi connectivity index (χ4n) is 5.65. The van der Waals surface area contributed by atoms with E-state index in [-0.39, 0.29) is 11.9 Å². The van der Waals surface area contributed by atoms with E-state index in [0.29, 0.717) is 39.8 Å². The summed E-state index contributed by atoms with van der Waals surface area (Å²) >= 11 is 0. The van der Waals surface area contributed by atoms with E-state index >= 15 is 0 Å². The second-order valence-corrected chi connectivity index (χ2v) is 10.7. The fraction of sp³-hybridized carbons (Fsp3) is 0.344. The molecule has 2 aromatic heterocycles. The number of hydrogen-bond donors (Lipinski definition) is 2. The van der Waals surface area contributed by atoms with Crippen molar-refractivity contribution in [2.45, 2.75) is 31.3 Å². The fourth-order valence-corrected chi connectivity index (χ4v) is 5.65. The lowest BCUT2D eigenvalue weighted by Gasteiger charge is -2.24. The predicted molar refractivity (Wildman–Crippen MR) is 157 cm³/mol. The third kappa shape index (κ3) is 5.62. The van der Waals surface area contributed by atoms with Crippen LogP contribution in [0.1, 0.15) is 35.2 Å². The molecule has 1 atom stereocenters. The van der Waals surface area contributed by atoms with E-state index in [1.807, 2.05) is 36.4 Å². The number of nitrogens with zero attached hydrogens (tertiary/aromatic N) is 3. The molecule has 210 valence electrons. The zero-order valence-corrected chi connectivity index (χ0v) is 23.3. The van der Waals surface area contributed by atoms with Gasteiger partial charge in [0, 0.05) is 55.2 Å². The molecule has 2 aliphatic heterocycles. The minimum atomic E-state index is -0.119. The Morgan fingerprint density at radius 3 is 2.68 bits per heavy atom. The molecule has 0 saturated carbocycles. The number of hydrogen-bond acceptors (Lipinski definition) is 8. The van der Waals surface area contributed by atoms with Gasteiger partial charge in [-0.3, -0.25) is 9.78 Å². The summed E-state index contributed by atoms with van der Waals surface area (Å²) in [6, 6.07) is 17.7. The average molecular weight is 552 g/mol. The number of nitrogens with one attached hydrogen (secondary N) is 2. The number of nitriles is 1. The highest BCUT2D eigenvalue weighted by Crippen LogP contribution is 2.38. The summed E-state index contributed by atoms with van der Waals surface area (Å²) in [6.45, 7) is 3.28. The van der Waals surface area contributed by atoms with E-state index in [1.165, 1.54) is 0 Å². The van der Waals surface area contributed by atoms with Crippen LogP contribution in [0.25, 0.3) is 33.6 Å². The number of furan rings is 1. The van der Waals surface area contributed by atoms with Crippen molar-refractivity contribution in [1.82, 2.24) is 15.2 Å². The first kappa shape index (κ1) is 26.8. The number of fused-ring (bicyclic) bond motifs is 1. The van der Waals surface area contributed by atoms with Gasteiger partial charge >= 0.3 is 0 Å². The summed E-state index contributed by atoms with van der Waals surface area (Å²) < 4.78 is 17.5. The van der Waals surface area contributed by atoms with E-state index in [1.54, 1.807) is 25.4 Å². The molecule has 0 aliphatic carbocycles. The first-order valence-corrected chi connectivity index (χ1v) is 14.0. The van der Waals surface area contributed by atoms with Gasteiger partial charge in [0.2, 0.25) is 0 Å². The Kier molecular flexibility index (Phi) is 7.59. The third-order valence-electron chi connectivity index (χ3n) is 7.90. The van der Waals surface area contributed by atoms with Crippen LogP contribution in [-0.2, 0) is 4.74 Å². The number of rotatable bonds is 7. The molecule has 9 heteroatoms. The van der Waals surface area contributed by atoms with Crippen LogP contribution in [0, 0.1) is 11.3 Å². The highest BCUT2D eigenvalue weighted by Gasteiger charge is 2.23. The molecule has 4 heterocycles. The zero-order valence-electron chi connectivity index (χ0n) is 23.3. The number of carbonyl (C=O) groups is 1. The zero-order chi connectivity index (χ0) is 28.3. The maximum Gasteiger partial charge on any atom is 0.251 e. The Labute approximate surface area is 239 Å². The predicted octanol–water partition coefficient (Wildman–Crippen LogP) is 5.07. The first-order chi connectivity index (χ1) is 20.0. The minimum absolute atomic E-state index is 0.119. The van der Waals surface area contributed by atoms with Crippen molar-refractivity contribution in [3.63, 3.8) is 0 Å². The number of pyridine rings is 1. The molecule has 4 aromatic rings. The van der Waals surface area contributed by atoms with Crippen LogP contribution in [0.5, 0.6) is 5.75 Å². The van der Waals surface area contributed by atoms with Gasteiger partial charge in [0.25, 0.3) is 5.91 Å². The van der Waals surface area contributed by atoms with Crippen LogP contribution in [0.4, 0.5) is 5.69 Å². The summed E-state index contributed by atoms with van der Waals surface area (Å²) in [5.74, 6) is 1.00. The van der Waals surface area contributed by atoms with E-state index in [2.05, 4.69) is 33.6 Å². The largest absolute Gasteiger partial charge is 0.496 e. The molecular weight excluding hydrogens is 518 g/mol. The van der Waals surface area contributed by atoms with Gasteiger partial charge in [-0.2, -0.15) is 5.26 Å². The van der Waals surface area contributed by atoms with Crippen molar-refractivity contribution in [2.75, 3.05) is 45.8 Å². The summed E-state index contributed by atoms with van der Waals surface area (Å²) in [7, 11) is 3.64. The molecule has 2 aliphatic rings. The smallest absolute Gasteiger partial charge is 0.251 e. The first-order valence-electron chi connectivity index (χ1n) is 14.0. The standard InChI is InChI=1S/C32H33N5O4/c1-37-12-8-24(19-37)36-32(38)21-3-5-26(29(16-21)39-2)30-17-28-31(41-30)25(7-11-34-28)20-4-6-27(22(15-20)18-33)35-23-9-13-40-14-10-23/h3-7,11,15-17,23-24,35H,8-10,12-14,19H2,1-2H3,(H,36,38). The molecule has 9 nitrogen and oxygen atoms in total. The van der Waals surface area contributed by atoms with Crippen LogP contribution < -0.4 is 15.4 Å². The Hall–Kier alpha value is -4.39. The molecule has 41 heavy (non-hydrogen) atoms. The lowest BCUT2D eigenvalue weighted by atomic mass is 10.0. The van der Waals surface area contributed by atoms with Gasteiger partial charge in [-0.25, -0.2) is 0 Å². The number of benzene rings is 2. The Morgan fingerprint density at radius 2 is 1.93 bits per heavy atom. The van der Waals surface area contributed by atoms with Crippen molar-refractivity contribution in [1.29, 1.82) is 5.26 Å². The van der Waals surface area contributed by atoms with Crippen molar-refractivity contribution in [3.05, 3.63) is 65.9 Å². The second-order valence-electron chi connectivity index (χ2n) is 10.7. The molecule has 0 radical (unpaired) electrons. The minimum Gasteiger partial charge on any atom is -0.496 e. The monoisotopic (exact) mass is 551 g/mol. The molecule has 1 amide bonds. The Morgan fingerprint density at radius 1 is 1.07 bits per heavy atom. The quantitative estimate of drug-likeness (QED) is 0.328. The van der Waals surface area contributed by atoms with Gasteiger partial charge in [-0.05, 0) is 74.8 Å². The van der Waals surface area contributed by atoms with Gasteiger partial charge in [0.15, 0.2) is 5.58 Å².